The van der Waals surface area contributed by atoms with Crippen LogP contribution in [0.4, 0.5) is 0 Å². The summed E-state index contributed by atoms with van der Waals surface area (Å²) in [6.45, 7) is 6.45. The molecule has 0 saturated heterocycles. The molecule has 2 heterocycles. The molecule has 0 aliphatic rings. The van der Waals surface area contributed by atoms with E-state index >= 15 is 0 Å². The van der Waals surface area contributed by atoms with Crippen LogP contribution in [0.25, 0.3) is 10.6 Å². The summed E-state index contributed by atoms with van der Waals surface area (Å²) in [6, 6.07) is 3.54. The molecule has 0 aliphatic carbocycles. The third-order valence-electron chi connectivity index (χ3n) is 2.76. The van der Waals surface area contributed by atoms with E-state index in [1.165, 1.54) is 34.4 Å². The van der Waals surface area contributed by atoms with Crippen molar-refractivity contribution in [1.82, 2.24) is 10.3 Å². The number of nitrogens with two attached hydrogens (primary N) is 1. The summed E-state index contributed by atoms with van der Waals surface area (Å²) in [6.07, 6.45) is 0. The van der Waals surface area contributed by atoms with Crippen molar-refractivity contribution in [2.75, 3.05) is 12.3 Å². The summed E-state index contributed by atoms with van der Waals surface area (Å²) in [5.41, 5.74) is 6.01. The van der Waals surface area contributed by atoms with Crippen LogP contribution in [-0.4, -0.2) is 34.5 Å². The van der Waals surface area contributed by atoms with E-state index in [0.29, 0.717) is 17.2 Å². The number of carbonyl (C=O) groups is 2. The average Bonchev–Trinajstić information content (AvgIpc) is 3.10. The Morgan fingerprint density at radius 3 is 2.62 bits per heavy atom. The predicted molar refractivity (Wildman–Crippen MR) is 105 cm³/mol. The summed E-state index contributed by atoms with van der Waals surface area (Å²) in [4.78, 5) is 28.9. The molecule has 0 aliphatic heterocycles. The molecular weight excluding hydrogens is 386 g/mol. The van der Waals surface area contributed by atoms with Gasteiger partial charge in [0.25, 0.3) is 5.91 Å². The number of nitrogens with zero attached hydrogens (tertiary/aromatic N) is 1. The molecule has 9 heteroatoms. The summed E-state index contributed by atoms with van der Waals surface area (Å²) >= 11 is 4.26. The highest BCUT2D eigenvalue weighted by Gasteiger charge is 2.13. The molecule has 0 atom stereocenters. The quantitative estimate of drug-likeness (QED) is 0.689. The van der Waals surface area contributed by atoms with Gasteiger partial charge in [0.1, 0.15) is 0 Å². The zero-order chi connectivity index (χ0) is 17.0. The van der Waals surface area contributed by atoms with E-state index in [4.69, 9.17) is 5.73 Å². The number of hydrogen-bond donors (Lipinski definition) is 2. The standard InChI is InChI=1S/C15H19N3O2S3.ClH/c1-15(2,3)17-6-9(19)7-21-14-18-10(8-22-14)11-4-5-12(23-11)13(16)20;/h4-5,8,17H,6-7H2,1-3H3,(H2,16,20);1H. The van der Waals surface area contributed by atoms with Crippen molar-refractivity contribution in [2.45, 2.75) is 30.6 Å². The van der Waals surface area contributed by atoms with E-state index < -0.39 is 5.91 Å². The fourth-order valence-electron chi connectivity index (χ4n) is 1.60. The van der Waals surface area contributed by atoms with Gasteiger partial charge in [0.05, 0.1) is 27.7 Å². The normalized spacial score (nSPS) is 11.1. The van der Waals surface area contributed by atoms with Crippen LogP contribution in [0.5, 0.6) is 0 Å². The van der Waals surface area contributed by atoms with E-state index in [1.807, 2.05) is 32.2 Å². The van der Waals surface area contributed by atoms with Gasteiger partial charge in [0, 0.05) is 10.9 Å². The second-order valence-corrected chi connectivity index (χ2v) is 9.12. The minimum atomic E-state index is -0.428. The van der Waals surface area contributed by atoms with Crippen LogP contribution in [0.15, 0.2) is 21.9 Å². The van der Waals surface area contributed by atoms with Crippen molar-refractivity contribution in [1.29, 1.82) is 0 Å². The Kier molecular flexibility index (Phi) is 7.88. The van der Waals surface area contributed by atoms with Crippen LogP contribution in [-0.2, 0) is 4.79 Å². The van der Waals surface area contributed by atoms with Crippen molar-refractivity contribution >= 4 is 58.5 Å². The molecule has 0 unspecified atom stereocenters. The van der Waals surface area contributed by atoms with Gasteiger partial charge in [-0.3, -0.25) is 9.59 Å². The summed E-state index contributed by atoms with van der Waals surface area (Å²) in [5.74, 6) is 0.115. The van der Waals surface area contributed by atoms with E-state index in [0.717, 1.165) is 14.9 Å². The zero-order valence-electron chi connectivity index (χ0n) is 13.6. The number of carbonyl (C=O) groups excluding carboxylic acids is 2. The molecule has 0 bridgehead atoms. The van der Waals surface area contributed by atoms with Crippen molar-refractivity contribution in [2.24, 2.45) is 5.73 Å². The molecular formula is C15H20ClN3O2S3. The molecule has 2 aromatic rings. The molecule has 0 fully saturated rings. The molecule has 132 valence electrons. The van der Waals surface area contributed by atoms with E-state index in [1.54, 1.807) is 6.07 Å². The number of thiophene rings is 1. The predicted octanol–water partition coefficient (Wildman–Crippen LogP) is 3.44. The van der Waals surface area contributed by atoms with Crippen LogP contribution < -0.4 is 11.1 Å². The number of thiazole rings is 1. The Bertz CT molecular complexity index is 707. The Hall–Kier alpha value is -0.930. The first-order chi connectivity index (χ1) is 10.7. The average molecular weight is 406 g/mol. The smallest absolute Gasteiger partial charge is 0.258 e. The highest BCUT2D eigenvalue weighted by Crippen LogP contribution is 2.32. The summed E-state index contributed by atoms with van der Waals surface area (Å²) < 4.78 is 0.845. The maximum absolute atomic E-state index is 11.9. The highest BCUT2D eigenvalue weighted by molar-refractivity contribution is 8.01. The number of rotatable bonds is 7. The van der Waals surface area contributed by atoms with Gasteiger partial charge >= 0.3 is 0 Å². The van der Waals surface area contributed by atoms with Gasteiger partial charge in [-0.2, -0.15) is 0 Å². The Balaban J connectivity index is 0.00000288. The third-order valence-corrected chi connectivity index (χ3v) is 5.96. The van der Waals surface area contributed by atoms with E-state index in [9.17, 15) is 9.59 Å². The number of ketones is 1. The zero-order valence-corrected chi connectivity index (χ0v) is 16.9. The van der Waals surface area contributed by atoms with E-state index in [2.05, 4.69) is 10.3 Å². The topological polar surface area (TPSA) is 85.1 Å². The number of amides is 1. The van der Waals surface area contributed by atoms with E-state index in [-0.39, 0.29) is 23.7 Å². The van der Waals surface area contributed by atoms with Gasteiger partial charge in [-0.05, 0) is 32.9 Å². The molecule has 1 amide bonds. The maximum atomic E-state index is 11.9. The van der Waals surface area contributed by atoms with Gasteiger partial charge in [-0.1, -0.05) is 11.8 Å². The molecule has 0 aromatic carbocycles. The van der Waals surface area contributed by atoms with Crippen LogP contribution in [0.1, 0.15) is 30.4 Å². The lowest BCUT2D eigenvalue weighted by Gasteiger charge is -2.19. The number of aromatic nitrogens is 1. The molecule has 0 spiro atoms. The number of thioether (sulfide) groups is 1. The SMILES string of the molecule is CC(C)(C)NCC(=O)CSc1nc(-c2ccc(C(N)=O)s2)cs1.Cl. The number of Topliss-reactive ketones (excluding diaryl/α,β-unsaturated/α-hetero) is 1. The molecule has 0 saturated carbocycles. The van der Waals surface area contributed by atoms with Crippen LogP contribution >= 0.6 is 46.8 Å². The molecule has 2 aromatic heterocycles. The van der Waals surface area contributed by atoms with Crippen molar-refractivity contribution in [3.8, 4) is 10.6 Å². The van der Waals surface area contributed by atoms with Gasteiger partial charge in [0.15, 0.2) is 10.1 Å². The number of primary amides is 1. The molecule has 3 N–H and O–H groups in total. The molecule has 24 heavy (non-hydrogen) atoms. The van der Waals surface area contributed by atoms with Crippen LogP contribution in [0, 0.1) is 0 Å². The third kappa shape index (κ3) is 6.52. The number of nitrogens with one attached hydrogen (secondary N) is 1. The lowest BCUT2D eigenvalue weighted by Crippen LogP contribution is -2.39. The van der Waals surface area contributed by atoms with Gasteiger partial charge in [-0.15, -0.1) is 35.1 Å². The van der Waals surface area contributed by atoms with Crippen molar-refractivity contribution in [3.05, 3.63) is 22.4 Å². The summed E-state index contributed by atoms with van der Waals surface area (Å²) in [5, 5.41) is 5.11. The van der Waals surface area contributed by atoms with Gasteiger partial charge in [0.2, 0.25) is 0 Å². The number of halogens is 1. The minimum Gasteiger partial charge on any atom is -0.365 e. The van der Waals surface area contributed by atoms with Crippen molar-refractivity contribution in [3.63, 3.8) is 0 Å². The minimum absolute atomic E-state index is 0. The Morgan fingerprint density at radius 2 is 2.04 bits per heavy atom. The van der Waals surface area contributed by atoms with Gasteiger partial charge in [-0.25, -0.2) is 4.98 Å². The van der Waals surface area contributed by atoms with Crippen LogP contribution in [0.3, 0.4) is 0 Å². The number of hydrogen-bond acceptors (Lipinski definition) is 7. The maximum Gasteiger partial charge on any atom is 0.258 e. The van der Waals surface area contributed by atoms with Crippen LogP contribution in [0.2, 0.25) is 0 Å². The second kappa shape index (κ2) is 8.96. The van der Waals surface area contributed by atoms with Gasteiger partial charge < -0.3 is 11.1 Å². The fraction of sp³-hybridized carbons (Fsp3) is 0.400. The summed E-state index contributed by atoms with van der Waals surface area (Å²) in [7, 11) is 0. The lowest BCUT2D eigenvalue weighted by molar-refractivity contribution is -0.116. The first kappa shape index (κ1) is 21.1. The molecule has 5 nitrogen and oxygen atoms in total. The monoisotopic (exact) mass is 405 g/mol. The first-order valence-electron chi connectivity index (χ1n) is 7.00. The first-order valence-corrected chi connectivity index (χ1v) is 9.68. The molecule has 2 rings (SSSR count). The highest BCUT2D eigenvalue weighted by atomic mass is 35.5. The second-order valence-electron chi connectivity index (χ2n) is 5.96. The lowest BCUT2D eigenvalue weighted by atomic mass is 10.1. The Labute approximate surface area is 159 Å². The Morgan fingerprint density at radius 1 is 1.33 bits per heavy atom. The largest absolute Gasteiger partial charge is 0.365 e. The van der Waals surface area contributed by atoms with Crippen molar-refractivity contribution < 1.29 is 9.59 Å². The fourth-order valence-corrected chi connectivity index (χ4v) is 4.18. The molecule has 0 radical (unpaired) electrons.